The molecule has 18 heavy (non-hydrogen) atoms. The van der Waals surface area contributed by atoms with Crippen molar-refractivity contribution in [3.8, 4) is 0 Å². The number of carboxylic acid groups (broad SMARTS) is 1. The Labute approximate surface area is 100 Å². The van der Waals surface area contributed by atoms with E-state index in [0.29, 0.717) is 19.0 Å². The first-order valence-corrected chi connectivity index (χ1v) is 5.35. The summed E-state index contributed by atoms with van der Waals surface area (Å²) >= 11 is 0. The Hall–Kier alpha value is -1.57. The van der Waals surface area contributed by atoms with Crippen LogP contribution < -0.4 is 5.73 Å². The van der Waals surface area contributed by atoms with Crippen LogP contribution in [0.15, 0.2) is 12.4 Å². The minimum absolute atomic E-state index is 0.200. The van der Waals surface area contributed by atoms with Gasteiger partial charge in [-0.05, 0) is 18.8 Å². The molecule has 0 aromatic carbocycles. The summed E-state index contributed by atoms with van der Waals surface area (Å²) in [6.45, 7) is -0.261. The monoisotopic (exact) mass is 263 g/mol. The summed E-state index contributed by atoms with van der Waals surface area (Å²) in [5.41, 5.74) is 3.30. The van der Waals surface area contributed by atoms with E-state index in [-0.39, 0.29) is 12.5 Å². The highest BCUT2D eigenvalue weighted by atomic mass is 19.4. The Bertz CT molecular complexity index is 467. The average Bonchev–Trinajstić information content (AvgIpc) is 2.98. The first-order chi connectivity index (χ1) is 8.23. The lowest BCUT2D eigenvalue weighted by atomic mass is 9.95. The van der Waals surface area contributed by atoms with Crippen LogP contribution in [0.2, 0.25) is 0 Å². The van der Waals surface area contributed by atoms with Crippen LogP contribution in [0.25, 0.3) is 0 Å². The molecule has 0 saturated heterocycles. The maximum absolute atomic E-state index is 12.4. The van der Waals surface area contributed by atoms with Gasteiger partial charge in [0.25, 0.3) is 0 Å². The molecule has 1 saturated carbocycles. The molecule has 1 atom stereocenters. The van der Waals surface area contributed by atoms with Crippen molar-refractivity contribution in [1.29, 1.82) is 0 Å². The van der Waals surface area contributed by atoms with Crippen LogP contribution in [-0.4, -0.2) is 26.4 Å². The average molecular weight is 263 g/mol. The van der Waals surface area contributed by atoms with Crippen LogP contribution in [0.1, 0.15) is 18.4 Å². The van der Waals surface area contributed by atoms with Crippen LogP contribution >= 0.6 is 0 Å². The molecule has 1 aromatic rings. The van der Waals surface area contributed by atoms with E-state index in [4.69, 9.17) is 10.8 Å². The van der Waals surface area contributed by atoms with Gasteiger partial charge in [0.05, 0.1) is 18.3 Å². The van der Waals surface area contributed by atoms with Crippen molar-refractivity contribution in [1.82, 2.24) is 9.78 Å². The standard InChI is InChI=1S/C10H12F3N3O2/c11-10(12,13)7-3-15-16(4-7)5-9(14,8(17)18)6-1-2-6/h3-4,6H,1-2,5,14H2,(H,17,18). The molecule has 1 heterocycles. The summed E-state index contributed by atoms with van der Waals surface area (Å²) in [4.78, 5) is 11.1. The number of rotatable bonds is 4. The van der Waals surface area contributed by atoms with E-state index in [2.05, 4.69) is 5.10 Å². The molecule has 8 heteroatoms. The Morgan fingerprint density at radius 2 is 2.17 bits per heavy atom. The lowest BCUT2D eigenvalue weighted by Crippen LogP contribution is -2.53. The second kappa shape index (κ2) is 3.98. The van der Waals surface area contributed by atoms with Crippen molar-refractivity contribution in [3.63, 3.8) is 0 Å². The SMILES string of the molecule is NC(Cn1cc(C(F)(F)F)cn1)(C(=O)O)C1CC1. The predicted molar refractivity (Wildman–Crippen MR) is 54.5 cm³/mol. The van der Waals surface area contributed by atoms with Crippen molar-refractivity contribution < 1.29 is 23.1 Å². The van der Waals surface area contributed by atoms with Crippen molar-refractivity contribution in [2.24, 2.45) is 11.7 Å². The molecular weight excluding hydrogens is 251 g/mol. The van der Waals surface area contributed by atoms with Gasteiger partial charge < -0.3 is 10.8 Å². The van der Waals surface area contributed by atoms with E-state index < -0.39 is 23.2 Å². The third kappa shape index (κ3) is 2.33. The molecule has 0 bridgehead atoms. The number of carbonyl (C=O) groups is 1. The minimum Gasteiger partial charge on any atom is -0.480 e. The molecule has 0 amide bonds. The lowest BCUT2D eigenvalue weighted by molar-refractivity contribution is -0.145. The molecular formula is C10H12F3N3O2. The van der Waals surface area contributed by atoms with Gasteiger partial charge in [-0.3, -0.25) is 9.48 Å². The summed E-state index contributed by atoms with van der Waals surface area (Å²) in [6, 6.07) is 0. The van der Waals surface area contributed by atoms with Crippen molar-refractivity contribution in [3.05, 3.63) is 18.0 Å². The van der Waals surface area contributed by atoms with Crippen LogP contribution in [0, 0.1) is 5.92 Å². The van der Waals surface area contributed by atoms with E-state index >= 15 is 0 Å². The Morgan fingerprint density at radius 3 is 2.56 bits per heavy atom. The van der Waals surface area contributed by atoms with Gasteiger partial charge in [0.1, 0.15) is 5.54 Å². The largest absolute Gasteiger partial charge is 0.480 e. The number of hydrogen-bond acceptors (Lipinski definition) is 3. The third-order valence-corrected chi connectivity index (χ3v) is 3.09. The van der Waals surface area contributed by atoms with Gasteiger partial charge in [-0.15, -0.1) is 0 Å². The molecule has 1 aromatic heterocycles. The first kappa shape index (κ1) is 12.9. The molecule has 5 nitrogen and oxygen atoms in total. The zero-order chi connectivity index (χ0) is 13.6. The van der Waals surface area contributed by atoms with Crippen LogP contribution in [0.3, 0.4) is 0 Å². The number of hydrogen-bond donors (Lipinski definition) is 2. The Morgan fingerprint density at radius 1 is 1.56 bits per heavy atom. The van der Waals surface area contributed by atoms with Gasteiger partial charge in [0.2, 0.25) is 0 Å². The molecule has 2 rings (SSSR count). The fourth-order valence-electron chi connectivity index (χ4n) is 1.83. The molecule has 0 radical (unpaired) electrons. The Balaban J connectivity index is 2.18. The van der Waals surface area contributed by atoms with Crippen molar-refractivity contribution in [2.75, 3.05) is 0 Å². The number of nitrogens with two attached hydrogens (primary N) is 1. The highest BCUT2D eigenvalue weighted by Gasteiger charge is 2.49. The quantitative estimate of drug-likeness (QED) is 0.852. The van der Waals surface area contributed by atoms with E-state index in [1.54, 1.807) is 0 Å². The highest BCUT2D eigenvalue weighted by Crippen LogP contribution is 2.39. The van der Waals surface area contributed by atoms with E-state index in [1.807, 2.05) is 0 Å². The van der Waals surface area contributed by atoms with Gasteiger partial charge in [0, 0.05) is 6.20 Å². The van der Waals surface area contributed by atoms with Crippen LogP contribution in [0.4, 0.5) is 13.2 Å². The van der Waals surface area contributed by atoms with E-state index in [1.165, 1.54) is 0 Å². The lowest BCUT2D eigenvalue weighted by Gasteiger charge is -2.24. The van der Waals surface area contributed by atoms with Crippen LogP contribution in [0.5, 0.6) is 0 Å². The topological polar surface area (TPSA) is 81.1 Å². The maximum Gasteiger partial charge on any atom is 0.419 e. The molecule has 1 unspecified atom stereocenters. The maximum atomic E-state index is 12.4. The fourth-order valence-corrected chi connectivity index (χ4v) is 1.83. The highest BCUT2D eigenvalue weighted by molar-refractivity contribution is 5.79. The van der Waals surface area contributed by atoms with Crippen LogP contribution in [-0.2, 0) is 17.5 Å². The third-order valence-electron chi connectivity index (χ3n) is 3.09. The molecule has 100 valence electrons. The molecule has 0 aliphatic heterocycles. The molecule has 1 fully saturated rings. The summed E-state index contributed by atoms with van der Waals surface area (Å²) in [5.74, 6) is -1.41. The second-order valence-corrected chi connectivity index (χ2v) is 4.54. The summed E-state index contributed by atoms with van der Waals surface area (Å²) in [7, 11) is 0. The predicted octanol–water partition coefficient (Wildman–Crippen LogP) is 1.09. The van der Waals surface area contributed by atoms with Crippen molar-refractivity contribution >= 4 is 5.97 Å². The van der Waals surface area contributed by atoms with Crippen molar-refractivity contribution in [2.45, 2.75) is 31.1 Å². The minimum atomic E-state index is -4.49. The van der Waals surface area contributed by atoms with E-state index in [9.17, 15) is 18.0 Å². The fraction of sp³-hybridized carbons (Fsp3) is 0.600. The second-order valence-electron chi connectivity index (χ2n) is 4.54. The summed E-state index contributed by atoms with van der Waals surface area (Å²) < 4.78 is 38.0. The van der Waals surface area contributed by atoms with Gasteiger partial charge in [0.15, 0.2) is 0 Å². The molecule has 1 aliphatic carbocycles. The van der Waals surface area contributed by atoms with Gasteiger partial charge in [-0.25, -0.2) is 0 Å². The zero-order valence-electron chi connectivity index (χ0n) is 9.31. The zero-order valence-corrected chi connectivity index (χ0v) is 9.31. The molecule has 3 N–H and O–H groups in total. The van der Waals surface area contributed by atoms with Gasteiger partial charge >= 0.3 is 12.1 Å². The number of carboxylic acids is 1. The first-order valence-electron chi connectivity index (χ1n) is 5.35. The van der Waals surface area contributed by atoms with Gasteiger partial charge in [-0.2, -0.15) is 18.3 Å². The number of aliphatic carboxylic acids is 1. The summed E-state index contributed by atoms with van der Waals surface area (Å²) in [5, 5.41) is 12.6. The number of aromatic nitrogens is 2. The van der Waals surface area contributed by atoms with Gasteiger partial charge in [-0.1, -0.05) is 0 Å². The number of halogens is 3. The molecule has 0 spiro atoms. The summed E-state index contributed by atoms with van der Waals surface area (Å²) in [6.07, 6.45) is -1.70. The normalized spacial score (nSPS) is 19.6. The Kier molecular flexibility index (Phi) is 2.84. The number of alkyl halides is 3. The number of nitrogens with zero attached hydrogens (tertiary/aromatic N) is 2. The van der Waals surface area contributed by atoms with E-state index in [0.717, 1.165) is 10.9 Å². The molecule has 1 aliphatic rings. The smallest absolute Gasteiger partial charge is 0.419 e.